The van der Waals surface area contributed by atoms with E-state index in [4.69, 9.17) is 0 Å². The second-order valence-electron chi connectivity index (χ2n) is 6.71. The van der Waals surface area contributed by atoms with E-state index in [9.17, 15) is 0 Å². The van der Waals surface area contributed by atoms with Crippen LogP contribution in [-0.4, -0.2) is 45.4 Å². The lowest BCUT2D eigenvalue weighted by molar-refractivity contribution is 0.0250. The van der Waals surface area contributed by atoms with Crippen molar-refractivity contribution in [2.75, 3.05) is 19.6 Å². The summed E-state index contributed by atoms with van der Waals surface area (Å²) in [7, 11) is 2.02. The zero-order valence-corrected chi connectivity index (χ0v) is 13.0. The van der Waals surface area contributed by atoms with Crippen LogP contribution < -0.4 is 5.32 Å². The molecule has 0 aromatic carbocycles. The van der Waals surface area contributed by atoms with E-state index in [1.165, 1.54) is 12.1 Å². The van der Waals surface area contributed by atoms with Crippen LogP contribution in [0, 0.1) is 0 Å². The maximum Gasteiger partial charge on any atom is 0.0492 e. The molecule has 1 aromatic heterocycles. The molecule has 0 radical (unpaired) electrons. The number of hydrogen-bond donors (Lipinski definition) is 1. The summed E-state index contributed by atoms with van der Waals surface area (Å²) in [5.41, 5.74) is 1.80. The minimum Gasteiger partial charge on any atom is -0.309 e. The number of piperazine rings is 1. The summed E-state index contributed by atoms with van der Waals surface area (Å²) in [6.45, 7) is 12.5. The molecule has 1 N–H and O–H groups in total. The molecular formula is C15H28N4. The first kappa shape index (κ1) is 14.5. The van der Waals surface area contributed by atoms with Gasteiger partial charge in [-0.2, -0.15) is 5.10 Å². The van der Waals surface area contributed by atoms with E-state index in [2.05, 4.69) is 49.1 Å². The lowest BCUT2D eigenvalue weighted by atomic mass is 9.87. The van der Waals surface area contributed by atoms with Crippen molar-refractivity contribution >= 4 is 0 Å². The van der Waals surface area contributed by atoms with Crippen LogP contribution in [-0.2, 0) is 13.5 Å². The molecule has 19 heavy (non-hydrogen) atoms. The van der Waals surface area contributed by atoms with Crippen LogP contribution >= 0.6 is 0 Å². The second kappa shape index (κ2) is 5.25. The summed E-state index contributed by atoms with van der Waals surface area (Å²) in [5.74, 6) is 0. The number of hydrogen-bond acceptors (Lipinski definition) is 3. The Kier molecular flexibility index (Phi) is 4.02. The molecule has 1 atom stereocenters. The molecule has 0 amide bonds. The highest BCUT2D eigenvalue weighted by Crippen LogP contribution is 2.26. The van der Waals surface area contributed by atoms with Gasteiger partial charge in [0, 0.05) is 56.1 Å². The van der Waals surface area contributed by atoms with Gasteiger partial charge < -0.3 is 5.32 Å². The first-order chi connectivity index (χ1) is 8.86. The Hall–Kier alpha value is -0.870. The highest BCUT2D eigenvalue weighted by Gasteiger charge is 2.39. The van der Waals surface area contributed by atoms with Crippen LogP contribution in [0.15, 0.2) is 12.3 Å². The third-order valence-corrected chi connectivity index (χ3v) is 4.62. The molecule has 0 aliphatic carbocycles. The van der Waals surface area contributed by atoms with Gasteiger partial charge in [-0.15, -0.1) is 0 Å². The Labute approximate surface area is 117 Å². The molecule has 1 aliphatic rings. The Morgan fingerprint density at radius 2 is 2.11 bits per heavy atom. The second-order valence-corrected chi connectivity index (χ2v) is 6.71. The molecule has 0 bridgehead atoms. The molecule has 1 fully saturated rings. The summed E-state index contributed by atoms with van der Waals surface area (Å²) in [6, 6.07) is 2.12. The maximum absolute atomic E-state index is 4.25. The SMILES string of the molecule is CCC1(C)CNC(C)(C)CN1CCc1ccnn1C. The molecule has 1 aromatic rings. The zero-order chi connectivity index (χ0) is 14.1. The molecule has 0 spiro atoms. The van der Waals surface area contributed by atoms with Crippen molar-refractivity contribution in [3.63, 3.8) is 0 Å². The van der Waals surface area contributed by atoms with Gasteiger partial charge in [-0.1, -0.05) is 6.92 Å². The summed E-state index contributed by atoms with van der Waals surface area (Å²) in [5, 5.41) is 7.93. The van der Waals surface area contributed by atoms with E-state index in [-0.39, 0.29) is 11.1 Å². The molecule has 0 saturated carbocycles. The summed E-state index contributed by atoms with van der Waals surface area (Å²) in [6.07, 6.45) is 4.14. The Morgan fingerprint density at radius 3 is 2.68 bits per heavy atom. The zero-order valence-electron chi connectivity index (χ0n) is 13.0. The minimum atomic E-state index is 0.209. The predicted molar refractivity (Wildman–Crippen MR) is 79.3 cm³/mol. The smallest absolute Gasteiger partial charge is 0.0492 e. The number of aryl methyl sites for hydroxylation is 1. The molecule has 2 heterocycles. The standard InChI is InChI=1S/C15H28N4/c1-6-15(4)11-16-14(2,3)12-19(15)10-8-13-7-9-17-18(13)5/h7,9,16H,6,8,10-12H2,1-5H3. The van der Waals surface area contributed by atoms with Crippen molar-refractivity contribution in [3.8, 4) is 0 Å². The van der Waals surface area contributed by atoms with Gasteiger partial charge in [0.1, 0.15) is 0 Å². The quantitative estimate of drug-likeness (QED) is 0.900. The van der Waals surface area contributed by atoms with Crippen LogP contribution in [0.4, 0.5) is 0 Å². The first-order valence-electron chi connectivity index (χ1n) is 7.33. The molecule has 108 valence electrons. The van der Waals surface area contributed by atoms with E-state index in [0.717, 1.165) is 26.1 Å². The highest BCUT2D eigenvalue weighted by molar-refractivity contribution is 5.04. The molecule has 2 rings (SSSR count). The lowest BCUT2D eigenvalue weighted by Gasteiger charge is -2.51. The Morgan fingerprint density at radius 1 is 1.37 bits per heavy atom. The highest BCUT2D eigenvalue weighted by atomic mass is 15.3. The van der Waals surface area contributed by atoms with Crippen molar-refractivity contribution in [2.45, 2.75) is 51.6 Å². The van der Waals surface area contributed by atoms with Crippen LogP contribution in [0.3, 0.4) is 0 Å². The van der Waals surface area contributed by atoms with Crippen LogP contribution in [0.5, 0.6) is 0 Å². The topological polar surface area (TPSA) is 33.1 Å². The van der Waals surface area contributed by atoms with Gasteiger partial charge in [-0.3, -0.25) is 9.58 Å². The molecule has 4 heteroatoms. The van der Waals surface area contributed by atoms with Gasteiger partial charge in [0.05, 0.1) is 0 Å². The first-order valence-corrected chi connectivity index (χ1v) is 7.33. The van der Waals surface area contributed by atoms with Crippen molar-refractivity contribution in [3.05, 3.63) is 18.0 Å². The van der Waals surface area contributed by atoms with Gasteiger partial charge >= 0.3 is 0 Å². The Balaban J connectivity index is 2.04. The molecule has 1 aliphatic heterocycles. The summed E-state index contributed by atoms with van der Waals surface area (Å²) >= 11 is 0. The van der Waals surface area contributed by atoms with E-state index in [0.29, 0.717) is 0 Å². The monoisotopic (exact) mass is 264 g/mol. The van der Waals surface area contributed by atoms with Gasteiger partial charge in [-0.05, 0) is 33.3 Å². The number of rotatable bonds is 4. The molecule has 1 saturated heterocycles. The molecular weight excluding hydrogens is 236 g/mol. The summed E-state index contributed by atoms with van der Waals surface area (Å²) < 4.78 is 1.98. The van der Waals surface area contributed by atoms with Crippen molar-refractivity contribution in [2.24, 2.45) is 7.05 Å². The van der Waals surface area contributed by atoms with Crippen LogP contribution in [0.25, 0.3) is 0 Å². The summed E-state index contributed by atoms with van der Waals surface area (Å²) in [4.78, 5) is 2.65. The van der Waals surface area contributed by atoms with Crippen LogP contribution in [0.2, 0.25) is 0 Å². The maximum atomic E-state index is 4.25. The van der Waals surface area contributed by atoms with Crippen molar-refractivity contribution in [1.82, 2.24) is 20.0 Å². The van der Waals surface area contributed by atoms with Crippen molar-refractivity contribution < 1.29 is 0 Å². The fraction of sp³-hybridized carbons (Fsp3) is 0.800. The van der Waals surface area contributed by atoms with E-state index in [1.54, 1.807) is 0 Å². The van der Waals surface area contributed by atoms with E-state index in [1.807, 2.05) is 17.9 Å². The fourth-order valence-corrected chi connectivity index (χ4v) is 2.86. The number of nitrogens with one attached hydrogen (secondary N) is 1. The average Bonchev–Trinajstić information content (AvgIpc) is 2.76. The minimum absolute atomic E-state index is 0.209. The number of nitrogens with zero attached hydrogens (tertiary/aromatic N) is 3. The number of aromatic nitrogens is 2. The van der Waals surface area contributed by atoms with Crippen LogP contribution in [0.1, 0.15) is 39.8 Å². The predicted octanol–water partition coefficient (Wildman–Crippen LogP) is 1.82. The molecule has 1 unspecified atom stereocenters. The van der Waals surface area contributed by atoms with E-state index >= 15 is 0 Å². The third kappa shape index (κ3) is 3.18. The molecule has 4 nitrogen and oxygen atoms in total. The van der Waals surface area contributed by atoms with Gasteiger partial charge in [-0.25, -0.2) is 0 Å². The normalized spacial score (nSPS) is 27.6. The van der Waals surface area contributed by atoms with Gasteiger partial charge in [0.2, 0.25) is 0 Å². The van der Waals surface area contributed by atoms with E-state index < -0.39 is 0 Å². The fourth-order valence-electron chi connectivity index (χ4n) is 2.86. The largest absolute Gasteiger partial charge is 0.309 e. The lowest BCUT2D eigenvalue weighted by Crippen LogP contribution is -2.67. The van der Waals surface area contributed by atoms with Crippen molar-refractivity contribution in [1.29, 1.82) is 0 Å². The van der Waals surface area contributed by atoms with Gasteiger partial charge in [0.15, 0.2) is 0 Å². The van der Waals surface area contributed by atoms with Gasteiger partial charge in [0.25, 0.3) is 0 Å². The third-order valence-electron chi connectivity index (χ3n) is 4.62. The average molecular weight is 264 g/mol. The Bertz CT molecular complexity index is 424.